The summed E-state index contributed by atoms with van der Waals surface area (Å²) in [6.07, 6.45) is 4.44. The van der Waals surface area contributed by atoms with E-state index in [1.165, 1.54) is 0 Å². The molecule has 0 aliphatic carbocycles. The lowest BCUT2D eigenvalue weighted by Gasteiger charge is -2.13. The van der Waals surface area contributed by atoms with Crippen LogP contribution in [0.3, 0.4) is 0 Å². The predicted molar refractivity (Wildman–Crippen MR) is 40.5 cm³/mol. The van der Waals surface area contributed by atoms with Crippen molar-refractivity contribution in [1.29, 1.82) is 0 Å². The summed E-state index contributed by atoms with van der Waals surface area (Å²) >= 11 is 0. The van der Waals surface area contributed by atoms with E-state index in [-0.39, 0.29) is 5.91 Å². The quantitative estimate of drug-likeness (QED) is 0.556. The maximum Gasteiger partial charge on any atom is 0.232 e. The standard InChI is InChI=1S/C8H10N2O/c1-6-9-5-7-3-2-4-8(11)10(6)7/h5H,2-4H2,1H3. The van der Waals surface area contributed by atoms with Gasteiger partial charge in [-0.25, -0.2) is 4.98 Å². The molecule has 3 nitrogen and oxygen atoms in total. The highest BCUT2D eigenvalue weighted by atomic mass is 16.2. The highest BCUT2D eigenvalue weighted by molar-refractivity contribution is 5.81. The van der Waals surface area contributed by atoms with Crippen LogP contribution in [0.1, 0.15) is 29.2 Å². The molecule has 3 heteroatoms. The van der Waals surface area contributed by atoms with Gasteiger partial charge in [-0.15, -0.1) is 0 Å². The molecule has 1 aliphatic rings. The van der Waals surface area contributed by atoms with E-state index in [1.807, 2.05) is 6.92 Å². The Balaban J connectivity index is 2.56. The minimum absolute atomic E-state index is 0.196. The summed E-state index contributed by atoms with van der Waals surface area (Å²) in [5.74, 6) is 1.02. The summed E-state index contributed by atoms with van der Waals surface area (Å²) in [5.41, 5.74) is 1.07. The molecule has 0 amide bonds. The number of carbonyl (C=O) groups excluding carboxylic acids is 1. The van der Waals surface area contributed by atoms with Gasteiger partial charge in [0.15, 0.2) is 0 Å². The number of aryl methyl sites for hydroxylation is 2. The second-order valence-electron chi connectivity index (χ2n) is 2.88. The first-order valence-electron chi connectivity index (χ1n) is 3.85. The van der Waals surface area contributed by atoms with Crippen molar-refractivity contribution in [3.8, 4) is 0 Å². The van der Waals surface area contributed by atoms with E-state index in [4.69, 9.17) is 0 Å². The second-order valence-corrected chi connectivity index (χ2v) is 2.88. The van der Waals surface area contributed by atoms with Gasteiger partial charge < -0.3 is 0 Å². The van der Waals surface area contributed by atoms with Gasteiger partial charge >= 0.3 is 0 Å². The molecule has 1 aliphatic heterocycles. The molecule has 0 N–H and O–H groups in total. The summed E-state index contributed by atoms with van der Waals surface area (Å²) in [6.45, 7) is 1.87. The van der Waals surface area contributed by atoms with Crippen LogP contribution < -0.4 is 0 Å². The lowest BCUT2D eigenvalue weighted by molar-refractivity contribution is 0.0881. The van der Waals surface area contributed by atoms with Gasteiger partial charge in [0, 0.05) is 18.3 Å². The molecule has 0 fully saturated rings. The molecule has 11 heavy (non-hydrogen) atoms. The highest BCUT2D eigenvalue weighted by Crippen LogP contribution is 2.15. The SMILES string of the molecule is Cc1ncc2n1C(=O)CCC2. The maximum absolute atomic E-state index is 11.3. The molecular weight excluding hydrogens is 140 g/mol. The smallest absolute Gasteiger partial charge is 0.232 e. The van der Waals surface area contributed by atoms with Gasteiger partial charge in [-0.1, -0.05) is 0 Å². The number of imidazole rings is 1. The average molecular weight is 150 g/mol. The molecule has 0 saturated carbocycles. The van der Waals surface area contributed by atoms with E-state index in [0.717, 1.165) is 24.4 Å². The van der Waals surface area contributed by atoms with Crippen molar-refractivity contribution in [2.75, 3.05) is 0 Å². The van der Waals surface area contributed by atoms with E-state index < -0.39 is 0 Å². The Labute approximate surface area is 65.1 Å². The van der Waals surface area contributed by atoms with Crippen LogP contribution in [-0.2, 0) is 6.42 Å². The summed E-state index contributed by atoms with van der Waals surface area (Å²) in [7, 11) is 0. The minimum Gasteiger partial charge on any atom is -0.274 e. The van der Waals surface area contributed by atoms with E-state index >= 15 is 0 Å². The Kier molecular flexibility index (Phi) is 1.31. The van der Waals surface area contributed by atoms with Crippen LogP contribution in [0.4, 0.5) is 0 Å². The Morgan fingerprint density at radius 2 is 2.36 bits per heavy atom. The summed E-state index contributed by atoms with van der Waals surface area (Å²) in [5, 5.41) is 0. The Morgan fingerprint density at radius 1 is 1.55 bits per heavy atom. The van der Waals surface area contributed by atoms with Crippen LogP contribution in [0.15, 0.2) is 6.20 Å². The Bertz CT molecular complexity index is 301. The lowest BCUT2D eigenvalue weighted by atomic mass is 10.1. The Morgan fingerprint density at radius 3 is 3.09 bits per heavy atom. The zero-order valence-corrected chi connectivity index (χ0v) is 6.50. The monoisotopic (exact) mass is 150 g/mol. The van der Waals surface area contributed by atoms with Crippen LogP contribution in [-0.4, -0.2) is 15.5 Å². The van der Waals surface area contributed by atoms with E-state index in [1.54, 1.807) is 10.8 Å². The number of fused-ring (bicyclic) bond motifs is 1. The number of nitrogens with zero attached hydrogens (tertiary/aromatic N) is 2. The minimum atomic E-state index is 0.196. The molecule has 0 saturated heterocycles. The van der Waals surface area contributed by atoms with Crippen LogP contribution in [0.2, 0.25) is 0 Å². The molecule has 0 spiro atoms. The molecule has 1 aromatic heterocycles. The molecule has 0 aromatic carbocycles. The summed E-state index contributed by atoms with van der Waals surface area (Å²) in [4.78, 5) is 15.4. The van der Waals surface area contributed by atoms with Gasteiger partial charge in [0.05, 0.1) is 0 Å². The van der Waals surface area contributed by atoms with E-state index in [9.17, 15) is 4.79 Å². The average Bonchev–Trinajstić information content (AvgIpc) is 2.34. The normalized spacial score (nSPS) is 16.6. The second kappa shape index (κ2) is 2.19. The molecule has 0 radical (unpaired) electrons. The fourth-order valence-corrected chi connectivity index (χ4v) is 1.54. The third-order valence-corrected chi connectivity index (χ3v) is 2.08. The van der Waals surface area contributed by atoms with Gasteiger partial charge in [-0.05, 0) is 19.8 Å². The number of hydrogen-bond donors (Lipinski definition) is 0. The van der Waals surface area contributed by atoms with Crippen LogP contribution in [0, 0.1) is 6.92 Å². The van der Waals surface area contributed by atoms with Crippen molar-refractivity contribution in [3.63, 3.8) is 0 Å². The topological polar surface area (TPSA) is 34.9 Å². The fourth-order valence-electron chi connectivity index (χ4n) is 1.54. The van der Waals surface area contributed by atoms with Crippen molar-refractivity contribution in [1.82, 2.24) is 9.55 Å². The molecule has 58 valence electrons. The number of hydrogen-bond acceptors (Lipinski definition) is 2. The van der Waals surface area contributed by atoms with Crippen molar-refractivity contribution < 1.29 is 4.79 Å². The number of carbonyl (C=O) groups is 1. The molecule has 2 heterocycles. The van der Waals surface area contributed by atoms with E-state index in [0.29, 0.717) is 6.42 Å². The number of rotatable bonds is 0. The van der Waals surface area contributed by atoms with Gasteiger partial charge in [-0.3, -0.25) is 9.36 Å². The van der Waals surface area contributed by atoms with Crippen LogP contribution in [0.25, 0.3) is 0 Å². The lowest BCUT2D eigenvalue weighted by Crippen LogP contribution is -2.19. The fraction of sp³-hybridized carbons (Fsp3) is 0.500. The molecule has 0 atom stereocenters. The molecule has 1 aromatic rings. The zero-order valence-electron chi connectivity index (χ0n) is 6.50. The van der Waals surface area contributed by atoms with Crippen molar-refractivity contribution in [2.24, 2.45) is 0 Å². The first-order valence-corrected chi connectivity index (χ1v) is 3.85. The van der Waals surface area contributed by atoms with Gasteiger partial charge in [0.25, 0.3) is 0 Å². The first kappa shape index (κ1) is 6.58. The molecule has 2 rings (SSSR count). The van der Waals surface area contributed by atoms with Crippen molar-refractivity contribution >= 4 is 5.91 Å². The highest BCUT2D eigenvalue weighted by Gasteiger charge is 2.17. The summed E-state index contributed by atoms with van der Waals surface area (Å²) in [6, 6.07) is 0. The van der Waals surface area contributed by atoms with Crippen LogP contribution in [0.5, 0.6) is 0 Å². The van der Waals surface area contributed by atoms with Crippen LogP contribution >= 0.6 is 0 Å². The predicted octanol–water partition coefficient (Wildman–Crippen LogP) is 1.17. The third-order valence-electron chi connectivity index (χ3n) is 2.08. The Hall–Kier alpha value is -1.12. The number of aromatic nitrogens is 2. The van der Waals surface area contributed by atoms with Crippen molar-refractivity contribution in [2.45, 2.75) is 26.2 Å². The molecule has 0 bridgehead atoms. The van der Waals surface area contributed by atoms with Gasteiger partial charge in [0.1, 0.15) is 5.82 Å². The zero-order chi connectivity index (χ0) is 7.84. The first-order chi connectivity index (χ1) is 5.29. The third kappa shape index (κ3) is 0.878. The molecule has 0 unspecified atom stereocenters. The summed E-state index contributed by atoms with van der Waals surface area (Å²) < 4.78 is 1.73. The van der Waals surface area contributed by atoms with Crippen molar-refractivity contribution in [3.05, 3.63) is 17.7 Å². The van der Waals surface area contributed by atoms with E-state index in [2.05, 4.69) is 4.98 Å². The largest absolute Gasteiger partial charge is 0.274 e. The molecular formula is C8H10N2O. The van der Waals surface area contributed by atoms with Gasteiger partial charge in [0.2, 0.25) is 5.91 Å². The van der Waals surface area contributed by atoms with Gasteiger partial charge in [-0.2, -0.15) is 0 Å². The maximum atomic E-state index is 11.3.